The first-order valence-corrected chi connectivity index (χ1v) is 9.33. The molecular weight excluding hydrogens is 390 g/mol. The Morgan fingerprint density at radius 2 is 2.07 bits per heavy atom. The van der Waals surface area contributed by atoms with Crippen molar-refractivity contribution >= 4 is 29.1 Å². The van der Waals surface area contributed by atoms with Crippen LogP contribution < -0.4 is 15.8 Å². The Morgan fingerprint density at radius 1 is 1.32 bits per heavy atom. The lowest BCUT2D eigenvalue weighted by Crippen LogP contribution is -2.25. The maximum atomic E-state index is 14.6. The molecule has 1 aliphatic heterocycles. The lowest BCUT2D eigenvalue weighted by molar-refractivity contribution is 0.145. The monoisotopic (exact) mass is 410 g/mol. The van der Waals surface area contributed by atoms with E-state index in [-0.39, 0.29) is 13.1 Å². The first-order valence-electron chi connectivity index (χ1n) is 8.11. The average molecular weight is 410 g/mol. The van der Waals surface area contributed by atoms with Crippen LogP contribution in [-0.2, 0) is 15.7 Å². The minimum Gasteiger partial charge on any atom is -0.442 e. The summed E-state index contributed by atoms with van der Waals surface area (Å²) in [6.45, 7) is 0.513. The van der Waals surface area contributed by atoms with Crippen LogP contribution in [0.1, 0.15) is 0 Å². The van der Waals surface area contributed by atoms with Crippen molar-refractivity contribution in [1.82, 2.24) is 0 Å². The van der Waals surface area contributed by atoms with Crippen LogP contribution in [0.25, 0.3) is 11.1 Å². The highest BCUT2D eigenvalue weighted by Crippen LogP contribution is 2.29. The number of ether oxygens (including phenoxy) is 1. The van der Waals surface area contributed by atoms with Gasteiger partial charge < -0.3 is 10.5 Å². The number of hydrogen-bond acceptors (Lipinski definition) is 4. The summed E-state index contributed by atoms with van der Waals surface area (Å²) in [5.74, 6) is -0.515. The molecule has 2 aromatic carbocycles. The molecule has 0 aromatic heterocycles. The number of cyclic esters (lactones) is 1. The molecule has 2 atom stereocenters. The number of anilines is 1. The molecule has 150 valence electrons. The zero-order valence-electron chi connectivity index (χ0n) is 15.0. The third-order valence-corrected chi connectivity index (χ3v) is 4.65. The van der Waals surface area contributed by atoms with E-state index in [2.05, 4.69) is 4.99 Å². The van der Waals surface area contributed by atoms with Gasteiger partial charge in [-0.15, -0.1) is 0 Å². The van der Waals surface area contributed by atoms with Gasteiger partial charge in [0.05, 0.1) is 37.2 Å². The molecule has 7 nitrogen and oxygen atoms in total. The largest absolute Gasteiger partial charge is 0.442 e. The predicted octanol–water partition coefficient (Wildman–Crippen LogP) is 2.37. The Bertz CT molecular complexity index is 895. The van der Waals surface area contributed by atoms with Crippen LogP contribution >= 0.6 is 0 Å². The Balaban J connectivity index is 0.00000136. The number of halogens is 2. The molecule has 1 aliphatic rings. The van der Waals surface area contributed by atoms with Crippen molar-refractivity contribution in [2.24, 2.45) is 15.9 Å². The SMILES string of the molecule is CF.NC=NCC1CN(c2ccc(-c3cccc(S(N)=O)c3)c(F)c2)C(=O)O1. The second kappa shape index (κ2) is 9.90. The van der Waals surface area contributed by atoms with Gasteiger partial charge in [0.1, 0.15) is 22.9 Å². The number of benzene rings is 2. The highest BCUT2D eigenvalue weighted by molar-refractivity contribution is 7.82. The van der Waals surface area contributed by atoms with Crippen LogP contribution in [0.5, 0.6) is 0 Å². The number of carbonyl (C=O) groups excluding carboxylic acids is 1. The molecule has 0 radical (unpaired) electrons. The summed E-state index contributed by atoms with van der Waals surface area (Å²) in [4.78, 5) is 17.6. The predicted molar refractivity (Wildman–Crippen MR) is 105 cm³/mol. The Labute approximate surface area is 163 Å². The molecule has 0 aliphatic carbocycles. The standard InChI is InChI=1S/C17H17FN4O3S.CH3F/c18-16-7-12(22-9-13(8-21-10-19)25-17(22)23)4-5-15(16)11-2-1-3-14(6-11)26(20)24;1-2/h1-7,10,13H,8-9,20H2,(H2,19,21);1H3. The summed E-state index contributed by atoms with van der Waals surface area (Å²) in [5, 5.41) is 5.37. The number of hydrogen-bond donors (Lipinski definition) is 2. The van der Waals surface area contributed by atoms with Crippen LogP contribution in [0.4, 0.5) is 19.3 Å². The lowest BCUT2D eigenvalue weighted by Gasteiger charge is -2.14. The van der Waals surface area contributed by atoms with Gasteiger partial charge in [-0.2, -0.15) is 0 Å². The van der Waals surface area contributed by atoms with Gasteiger partial charge >= 0.3 is 6.09 Å². The van der Waals surface area contributed by atoms with Gasteiger partial charge in [-0.3, -0.25) is 14.3 Å². The van der Waals surface area contributed by atoms with E-state index in [1.165, 1.54) is 11.0 Å². The minimum atomic E-state index is -1.65. The maximum absolute atomic E-state index is 14.6. The smallest absolute Gasteiger partial charge is 0.414 e. The van der Waals surface area contributed by atoms with Crippen LogP contribution in [0.15, 0.2) is 52.4 Å². The van der Waals surface area contributed by atoms with E-state index >= 15 is 0 Å². The van der Waals surface area contributed by atoms with Gasteiger partial charge in [0.15, 0.2) is 0 Å². The van der Waals surface area contributed by atoms with Crippen molar-refractivity contribution in [2.45, 2.75) is 11.0 Å². The molecule has 28 heavy (non-hydrogen) atoms. The zero-order valence-corrected chi connectivity index (χ0v) is 15.9. The summed E-state index contributed by atoms with van der Waals surface area (Å²) < 4.78 is 40.7. The normalized spacial score (nSPS) is 17.2. The zero-order chi connectivity index (χ0) is 20.7. The highest BCUT2D eigenvalue weighted by atomic mass is 32.2. The summed E-state index contributed by atoms with van der Waals surface area (Å²) in [7, 11) is -1.15. The number of nitrogens with two attached hydrogens (primary N) is 2. The number of alkyl halides is 1. The fourth-order valence-corrected chi connectivity index (χ4v) is 3.16. The van der Waals surface area contributed by atoms with E-state index < -0.39 is 29.0 Å². The van der Waals surface area contributed by atoms with Gasteiger partial charge in [-0.1, -0.05) is 12.1 Å². The summed E-state index contributed by atoms with van der Waals surface area (Å²) in [6.07, 6.45) is 0.157. The molecule has 10 heteroatoms. The number of nitrogens with zero attached hydrogens (tertiary/aromatic N) is 2. The molecule has 1 amide bonds. The third kappa shape index (κ3) is 4.90. The van der Waals surface area contributed by atoms with Gasteiger partial charge in [0.2, 0.25) is 0 Å². The molecule has 3 rings (SSSR count). The van der Waals surface area contributed by atoms with Crippen LogP contribution in [0.3, 0.4) is 0 Å². The molecule has 0 bridgehead atoms. The van der Waals surface area contributed by atoms with E-state index in [0.29, 0.717) is 28.9 Å². The molecule has 4 N–H and O–H groups in total. The van der Waals surface area contributed by atoms with Crippen LogP contribution in [-0.4, -0.2) is 43.0 Å². The van der Waals surface area contributed by atoms with Gasteiger partial charge in [-0.25, -0.2) is 18.5 Å². The van der Waals surface area contributed by atoms with E-state index in [1.54, 1.807) is 36.4 Å². The Morgan fingerprint density at radius 3 is 2.71 bits per heavy atom. The summed E-state index contributed by atoms with van der Waals surface area (Å²) >= 11 is 0. The quantitative estimate of drug-likeness (QED) is 0.582. The van der Waals surface area contributed by atoms with E-state index in [1.807, 2.05) is 0 Å². The Hall–Kier alpha value is -2.85. The van der Waals surface area contributed by atoms with Crippen LogP contribution in [0, 0.1) is 5.82 Å². The lowest BCUT2D eigenvalue weighted by atomic mass is 10.0. The van der Waals surface area contributed by atoms with Crippen LogP contribution in [0.2, 0.25) is 0 Å². The molecular formula is C18H20F2N4O3S. The second-order valence-electron chi connectivity index (χ2n) is 5.62. The molecule has 0 spiro atoms. The van der Waals surface area contributed by atoms with Gasteiger partial charge in [0, 0.05) is 5.56 Å². The molecule has 1 heterocycles. The van der Waals surface area contributed by atoms with Crippen molar-refractivity contribution in [2.75, 3.05) is 25.2 Å². The number of amides is 1. The highest BCUT2D eigenvalue weighted by Gasteiger charge is 2.32. The minimum absolute atomic E-state index is 0.252. The molecule has 1 fully saturated rings. The van der Waals surface area contributed by atoms with E-state index in [9.17, 15) is 17.8 Å². The Kier molecular flexibility index (Phi) is 7.59. The first kappa shape index (κ1) is 21.5. The first-order chi connectivity index (χ1) is 13.5. The second-order valence-corrected chi connectivity index (χ2v) is 6.69. The molecule has 0 saturated carbocycles. The number of carbonyl (C=O) groups is 1. The fraction of sp³-hybridized carbons (Fsp3) is 0.222. The van der Waals surface area contributed by atoms with Crippen molar-refractivity contribution in [3.05, 3.63) is 48.3 Å². The van der Waals surface area contributed by atoms with Crippen molar-refractivity contribution in [1.29, 1.82) is 0 Å². The molecule has 2 unspecified atom stereocenters. The van der Waals surface area contributed by atoms with E-state index in [0.717, 1.165) is 6.34 Å². The maximum Gasteiger partial charge on any atom is 0.414 e. The topological polar surface area (TPSA) is 111 Å². The number of rotatable bonds is 5. The molecule has 2 aromatic rings. The van der Waals surface area contributed by atoms with Gasteiger partial charge in [-0.05, 0) is 35.9 Å². The fourth-order valence-electron chi connectivity index (χ4n) is 2.70. The van der Waals surface area contributed by atoms with Gasteiger partial charge in [0.25, 0.3) is 0 Å². The third-order valence-electron chi connectivity index (χ3n) is 3.93. The summed E-state index contributed by atoms with van der Waals surface area (Å²) in [5.41, 5.74) is 6.43. The molecule has 1 saturated heterocycles. The average Bonchev–Trinajstić information content (AvgIpc) is 3.08. The van der Waals surface area contributed by atoms with E-state index in [4.69, 9.17) is 15.6 Å². The van der Waals surface area contributed by atoms with Crippen molar-refractivity contribution < 1.29 is 22.5 Å². The summed E-state index contributed by atoms with van der Waals surface area (Å²) in [6, 6.07) is 11.0. The van der Waals surface area contributed by atoms with Crippen molar-refractivity contribution in [3.8, 4) is 11.1 Å². The number of aliphatic imine (C=N–C) groups is 1. The van der Waals surface area contributed by atoms with Crippen molar-refractivity contribution in [3.63, 3.8) is 0 Å².